The third-order valence-corrected chi connectivity index (χ3v) is 17.6. The van der Waals surface area contributed by atoms with E-state index in [1.165, 1.54) is 62.3 Å². The van der Waals surface area contributed by atoms with Gasteiger partial charge in [-0.05, 0) is 64.2 Å². The molecular formula is C71H115N7O29. The number of unbranched alkanes of at least 4 members (excludes halogenated alkanes) is 3. The molecule has 0 radical (unpaired) electrons. The topological polar surface area (TPSA) is 463 Å². The van der Waals surface area contributed by atoms with E-state index in [1.54, 1.807) is 37.5 Å². The maximum Gasteiger partial charge on any atom is 0.307 e. The first kappa shape index (κ1) is 93.0. The predicted octanol–water partition coefficient (Wildman–Crippen LogP) is 1.88. The molecular weight excluding hydrogens is 1410 g/mol. The summed E-state index contributed by atoms with van der Waals surface area (Å²) in [6, 6.07) is -2.36. The van der Waals surface area contributed by atoms with Crippen LogP contribution in [0.5, 0.6) is 0 Å². The number of hydrogen-bond acceptors (Lipinski definition) is 28. The number of carboxylic acids is 1. The molecule has 7 unspecified atom stereocenters. The van der Waals surface area contributed by atoms with Gasteiger partial charge >= 0.3 is 47.8 Å². The molecule has 107 heavy (non-hydrogen) atoms. The number of carbonyl (C=O) groups excluding carboxylic acids is 14. The molecule has 0 aromatic heterocycles. The van der Waals surface area contributed by atoms with Crippen LogP contribution in [0.15, 0.2) is 0 Å². The van der Waals surface area contributed by atoms with Crippen LogP contribution in [0.3, 0.4) is 0 Å². The van der Waals surface area contributed by atoms with E-state index < -0.39 is 176 Å². The molecule has 16 atom stereocenters. The Hall–Kier alpha value is -8.19. The Morgan fingerprint density at radius 3 is 1.07 bits per heavy atom. The van der Waals surface area contributed by atoms with Gasteiger partial charge in [-0.2, -0.15) is 0 Å². The molecule has 3 heterocycles. The molecule has 608 valence electrons. The number of nitrogens with zero attached hydrogens (tertiary/aromatic N) is 2. The van der Waals surface area contributed by atoms with Crippen molar-refractivity contribution in [3.63, 3.8) is 0 Å². The Kier molecular flexibility index (Phi) is 43.2. The summed E-state index contributed by atoms with van der Waals surface area (Å²) >= 11 is 0. The number of hydrogen-bond donors (Lipinski definition) is 6. The van der Waals surface area contributed by atoms with E-state index >= 15 is 0 Å². The molecule has 3 aliphatic heterocycles. The molecule has 36 heteroatoms. The summed E-state index contributed by atoms with van der Waals surface area (Å²) in [7, 11) is 0. The summed E-state index contributed by atoms with van der Waals surface area (Å²) in [5.74, 6) is -10.0. The van der Waals surface area contributed by atoms with Crippen LogP contribution in [0, 0.1) is 17.8 Å². The molecule has 0 spiro atoms. The molecule has 3 saturated heterocycles. The zero-order valence-corrected chi connectivity index (χ0v) is 64.1. The number of aliphatic carboxylic acids is 1. The molecule has 7 amide bonds. The van der Waals surface area contributed by atoms with Gasteiger partial charge in [-0.15, -0.1) is 0 Å². The van der Waals surface area contributed by atoms with Crippen LogP contribution in [0.1, 0.15) is 186 Å². The van der Waals surface area contributed by atoms with Gasteiger partial charge < -0.3 is 103 Å². The second-order valence-electron chi connectivity index (χ2n) is 26.7. The summed E-state index contributed by atoms with van der Waals surface area (Å²) in [6.45, 7) is 18.2. The third-order valence-electron chi connectivity index (χ3n) is 17.6. The average molecular weight is 1530 g/mol. The van der Waals surface area contributed by atoms with Crippen LogP contribution in [0.25, 0.3) is 0 Å². The van der Waals surface area contributed by atoms with Gasteiger partial charge in [0.2, 0.25) is 35.4 Å². The smallest absolute Gasteiger partial charge is 0.307 e. The fourth-order valence-corrected chi connectivity index (χ4v) is 12.4. The van der Waals surface area contributed by atoms with Crippen molar-refractivity contribution >= 4 is 89.1 Å². The minimum absolute atomic E-state index is 0.0140. The number of nitrogens with one attached hydrogen (secondary N) is 5. The summed E-state index contributed by atoms with van der Waals surface area (Å²) in [6.07, 6.45) is -7.79. The summed E-state index contributed by atoms with van der Waals surface area (Å²) in [5, 5.41) is 23.0. The van der Waals surface area contributed by atoms with Crippen molar-refractivity contribution in [2.75, 3.05) is 78.9 Å². The van der Waals surface area contributed by atoms with Crippen molar-refractivity contribution in [3.05, 3.63) is 0 Å². The average Bonchev–Trinajstić information content (AvgIpc) is 0.809. The van der Waals surface area contributed by atoms with E-state index in [0.717, 1.165) is 0 Å². The summed E-state index contributed by atoms with van der Waals surface area (Å²) < 4.78 is 74.3. The molecule has 3 fully saturated rings. The second kappa shape index (κ2) is 49.7. The second-order valence-corrected chi connectivity index (χ2v) is 26.7. The lowest BCUT2D eigenvalue weighted by molar-refractivity contribution is -0.262. The Bertz CT molecular complexity index is 2920. The van der Waals surface area contributed by atoms with Crippen LogP contribution >= 0.6 is 0 Å². The molecule has 0 saturated carbocycles. The van der Waals surface area contributed by atoms with Crippen LogP contribution in [0.4, 0.5) is 0 Å². The molecule has 3 rings (SSSR count). The number of carbonyl (C=O) groups is 15. The number of amides is 7. The normalized spacial score (nSPS) is 24.1. The Balaban J connectivity index is 1.81. The van der Waals surface area contributed by atoms with Crippen molar-refractivity contribution in [2.24, 2.45) is 17.8 Å². The van der Waals surface area contributed by atoms with E-state index in [1.807, 2.05) is 0 Å². The largest absolute Gasteiger partial charge is 0.481 e. The van der Waals surface area contributed by atoms with E-state index in [9.17, 15) is 71.9 Å². The first-order valence-corrected chi connectivity index (χ1v) is 36.7. The van der Waals surface area contributed by atoms with E-state index in [-0.39, 0.29) is 141 Å². The van der Waals surface area contributed by atoms with E-state index in [0.29, 0.717) is 44.9 Å². The van der Waals surface area contributed by atoms with Gasteiger partial charge in [0, 0.05) is 158 Å². The van der Waals surface area contributed by atoms with Gasteiger partial charge in [0.05, 0.1) is 31.0 Å². The van der Waals surface area contributed by atoms with Crippen LogP contribution in [-0.2, 0) is 133 Å². The lowest BCUT2D eigenvalue weighted by Crippen LogP contribution is -2.62. The van der Waals surface area contributed by atoms with Crippen molar-refractivity contribution in [1.82, 2.24) is 36.4 Å². The highest BCUT2D eigenvalue weighted by molar-refractivity contribution is 5.85. The quantitative estimate of drug-likeness (QED) is 0.0288. The third kappa shape index (κ3) is 36.1. The zero-order chi connectivity index (χ0) is 79.9. The number of rotatable bonds is 48. The predicted molar refractivity (Wildman–Crippen MR) is 372 cm³/mol. The molecule has 3 aliphatic rings. The van der Waals surface area contributed by atoms with Crippen molar-refractivity contribution in [3.8, 4) is 0 Å². The fraction of sp³-hybridized carbons (Fsp3) is 0.789. The van der Waals surface area contributed by atoms with Gasteiger partial charge in [-0.3, -0.25) is 71.9 Å². The SMILES string of the molecule is CCC(OC(=O)CCC(=O)O)C(=O)NCCCN(CCCN(CCCNC(=O)CCCCO[C@@H]1OC(COC(C)=O)[C@H](OC(C)=O)[C@H](C)C1NC(C)=O)C(=O)CCCCO[C@@H]1OC(COC(C)=O)[C@H](OC(C)=O)[C@H](C)C1NC(C)=O)C(=O)CCCCO[C@@H]1OC(COC(C)=O)[C@H](OC(C)=O)[C@H](C)C1NC(C)=O. The first-order chi connectivity index (χ1) is 50.6. The molecule has 0 aromatic carbocycles. The number of esters is 7. The maximum atomic E-state index is 14.3. The van der Waals surface area contributed by atoms with Crippen LogP contribution in [-0.4, -0.2) is 263 Å². The lowest BCUT2D eigenvalue weighted by atomic mass is 9.88. The number of ether oxygens (including phenoxy) is 13. The van der Waals surface area contributed by atoms with Gasteiger partial charge in [-0.25, -0.2) is 0 Å². The molecule has 0 aliphatic carbocycles. The van der Waals surface area contributed by atoms with E-state index in [2.05, 4.69) is 26.6 Å². The standard InChI is InChI=1S/C71H115N7O29/c1-14-53(104-61(93)28-27-60(91)92)68(94)73-30-22-32-78(59(90)26-17-20-37-97-71-64(76-46(7)81)43(4)67(103-52(13)87)56(107-71)40-100-49(10)84)34-23-33-77(58(89)25-16-19-36-96-70-63(75-45(6)80)42(3)66(102-51(12)86)55(106-70)39-99-48(9)83)31-21-29-72-57(88)24-15-18-35-95-69-62(74-44(5)79)41(2)65(101-50(11)85)54(105-69)38-98-47(8)82/h41-43,53-56,62-67,69-71H,14-40H2,1-13H3,(H,72,88)(H,73,94)(H,74,79)(H,75,80)(H,76,81)(H,91,92)/t41-,42-,43-,53?,54?,55?,56?,62?,63?,64?,65-,66-,67-,69-,70-,71-/m1/s1. The van der Waals surface area contributed by atoms with Crippen LogP contribution in [0.2, 0.25) is 0 Å². The molecule has 0 bridgehead atoms. The summed E-state index contributed by atoms with van der Waals surface area (Å²) in [4.78, 5) is 190. The highest BCUT2D eigenvalue weighted by Gasteiger charge is 2.50. The number of carboxylic acid groups (broad SMARTS) is 1. The molecule has 0 aromatic rings. The first-order valence-electron chi connectivity index (χ1n) is 36.7. The maximum absolute atomic E-state index is 14.3. The zero-order valence-electron chi connectivity index (χ0n) is 64.1. The van der Waals surface area contributed by atoms with Gasteiger partial charge in [-0.1, -0.05) is 27.7 Å². The minimum atomic E-state index is -1.21. The van der Waals surface area contributed by atoms with Crippen molar-refractivity contribution in [2.45, 2.75) is 266 Å². The van der Waals surface area contributed by atoms with Crippen molar-refractivity contribution in [1.29, 1.82) is 0 Å². The molecule has 6 N–H and O–H groups in total. The molecule has 36 nitrogen and oxygen atoms in total. The highest BCUT2D eigenvalue weighted by atomic mass is 16.7. The van der Waals surface area contributed by atoms with Crippen molar-refractivity contribution < 1.29 is 139 Å². The minimum Gasteiger partial charge on any atom is -0.481 e. The fourth-order valence-electron chi connectivity index (χ4n) is 12.4. The Morgan fingerprint density at radius 1 is 0.411 bits per heavy atom. The Labute approximate surface area is 624 Å². The Morgan fingerprint density at radius 2 is 0.748 bits per heavy atom. The van der Waals surface area contributed by atoms with Crippen LogP contribution < -0.4 is 26.6 Å². The highest BCUT2D eigenvalue weighted by Crippen LogP contribution is 2.33. The lowest BCUT2D eigenvalue weighted by Gasteiger charge is -2.44. The summed E-state index contributed by atoms with van der Waals surface area (Å²) in [5.41, 5.74) is 0. The van der Waals surface area contributed by atoms with E-state index in [4.69, 9.17) is 66.7 Å². The van der Waals surface area contributed by atoms with Gasteiger partial charge in [0.25, 0.3) is 5.91 Å². The van der Waals surface area contributed by atoms with Gasteiger partial charge in [0.15, 0.2) is 25.0 Å². The monoisotopic (exact) mass is 1530 g/mol. The van der Waals surface area contributed by atoms with Gasteiger partial charge in [0.1, 0.15) is 56.4 Å².